The van der Waals surface area contributed by atoms with E-state index in [1.54, 1.807) is 31.2 Å². The predicted octanol–water partition coefficient (Wildman–Crippen LogP) is 4.30. The topological polar surface area (TPSA) is 86.7 Å². The maximum Gasteiger partial charge on any atom is 0.339 e. The molecule has 0 spiro atoms. The highest BCUT2D eigenvalue weighted by atomic mass is 32.2. The van der Waals surface area contributed by atoms with Gasteiger partial charge in [0.1, 0.15) is 16.4 Å². The van der Waals surface area contributed by atoms with Gasteiger partial charge in [-0.15, -0.1) is 0 Å². The predicted molar refractivity (Wildman–Crippen MR) is 113 cm³/mol. The Balaban J connectivity index is 1.84. The zero-order chi connectivity index (χ0) is 21.9. The van der Waals surface area contributed by atoms with Crippen LogP contribution in [0.25, 0.3) is 0 Å². The van der Waals surface area contributed by atoms with Crippen LogP contribution in [0, 0.1) is 13.8 Å². The molecule has 3 aromatic rings. The number of ether oxygens (including phenoxy) is 1. The van der Waals surface area contributed by atoms with E-state index in [9.17, 15) is 16.8 Å². The minimum Gasteiger partial charge on any atom is -0.494 e. The average molecular weight is 447 g/mol. The first-order valence-corrected chi connectivity index (χ1v) is 12.1. The molecule has 0 aromatic heterocycles. The SMILES string of the molecule is CCOc1ccc(S(=O)(=O)c2ccc(OS(=O)(=O)c3ccc(C)cc3)cc2)cc1C. The molecule has 0 saturated carbocycles. The molecule has 0 fully saturated rings. The second kappa shape index (κ2) is 8.49. The van der Waals surface area contributed by atoms with Crippen molar-refractivity contribution in [2.24, 2.45) is 0 Å². The lowest BCUT2D eigenvalue weighted by atomic mass is 10.2. The van der Waals surface area contributed by atoms with Crippen molar-refractivity contribution in [3.05, 3.63) is 77.9 Å². The van der Waals surface area contributed by atoms with Gasteiger partial charge in [-0.2, -0.15) is 8.42 Å². The summed E-state index contributed by atoms with van der Waals surface area (Å²) in [6.07, 6.45) is 0. The van der Waals surface area contributed by atoms with Crippen LogP contribution in [-0.4, -0.2) is 23.4 Å². The van der Waals surface area contributed by atoms with Crippen molar-refractivity contribution in [2.75, 3.05) is 6.61 Å². The number of hydrogen-bond donors (Lipinski definition) is 0. The summed E-state index contributed by atoms with van der Waals surface area (Å²) in [4.78, 5) is 0.185. The van der Waals surface area contributed by atoms with Crippen molar-refractivity contribution < 1.29 is 25.8 Å². The fourth-order valence-electron chi connectivity index (χ4n) is 2.80. The smallest absolute Gasteiger partial charge is 0.339 e. The van der Waals surface area contributed by atoms with E-state index in [4.69, 9.17) is 8.92 Å². The van der Waals surface area contributed by atoms with Gasteiger partial charge < -0.3 is 8.92 Å². The zero-order valence-corrected chi connectivity index (χ0v) is 18.5. The summed E-state index contributed by atoms with van der Waals surface area (Å²) in [6.45, 7) is 5.96. The molecule has 3 rings (SSSR count). The van der Waals surface area contributed by atoms with Gasteiger partial charge in [0.2, 0.25) is 9.84 Å². The highest BCUT2D eigenvalue weighted by Crippen LogP contribution is 2.28. The third-order valence-corrected chi connectivity index (χ3v) is 7.43. The summed E-state index contributed by atoms with van der Waals surface area (Å²) in [5.74, 6) is 0.652. The normalized spacial score (nSPS) is 11.8. The second-order valence-electron chi connectivity index (χ2n) is 6.69. The lowest BCUT2D eigenvalue weighted by molar-refractivity contribution is 0.337. The quantitative estimate of drug-likeness (QED) is 0.503. The van der Waals surface area contributed by atoms with Gasteiger partial charge in [0.25, 0.3) is 0 Å². The molecule has 0 bridgehead atoms. The van der Waals surface area contributed by atoms with Crippen molar-refractivity contribution in [1.82, 2.24) is 0 Å². The molecule has 8 heteroatoms. The van der Waals surface area contributed by atoms with E-state index in [0.717, 1.165) is 5.56 Å². The first-order valence-electron chi connectivity index (χ1n) is 9.23. The van der Waals surface area contributed by atoms with Crippen LogP contribution in [0.5, 0.6) is 11.5 Å². The summed E-state index contributed by atoms with van der Waals surface area (Å²) < 4.78 is 61.2. The molecule has 0 amide bonds. The molecule has 0 aliphatic carbocycles. The fraction of sp³-hybridized carbons (Fsp3) is 0.182. The van der Waals surface area contributed by atoms with Crippen molar-refractivity contribution >= 4 is 20.0 Å². The average Bonchev–Trinajstić information content (AvgIpc) is 2.70. The van der Waals surface area contributed by atoms with Gasteiger partial charge in [0, 0.05) is 0 Å². The third kappa shape index (κ3) is 4.66. The number of aryl methyl sites for hydroxylation is 2. The van der Waals surface area contributed by atoms with Crippen molar-refractivity contribution in [1.29, 1.82) is 0 Å². The van der Waals surface area contributed by atoms with Crippen LogP contribution in [0.15, 0.2) is 81.4 Å². The second-order valence-corrected chi connectivity index (χ2v) is 10.2. The first kappa shape index (κ1) is 21.9. The summed E-state index contributed by atoms with van der Waals surface area (Å²) in [5, 5.41) is 0. The maximum atomic E-state index is 12.9. The summed E-state index contributed by atoms with van der Waals surface area (Å²) in [5.41, 5.74) is 1.63. The number of rotatable bonds is 7. The minimum atomic E-state index is -4.01. The zero-order valence-electron chi connectivity index (χ0n) is 16.8. The molecule has 3 aromatic carbocycles. The molecular weight excluding hydrogens is 424 g/mol. The molecule has 0 unspecified atom stereocenters. The van der Waals surface area contributed by atoms with Crippen LogP contribution < -0.4 is 8.92 Å². The molecular formula is C22H22O6S2. The van der Waals surface area contributed by atoms with Gasteiger partial charge in [-0.1, -0.05) is 17.7 Å². The van der Waals surface area contributed by atoms with E-state index in [1.807, 2.05) is 13.8 Å². The largest absolute Gasteiger partial charge is 0.494 e. The Morgan fingerprint density at radius 3 is 1.87 bits per heavy atom. The maximum absolute atomic E-state index is 12.9. The molecule has 0 atom stereocenters. The molecule has 6 nitrogen and oxygen atoms in total. The molecule has 0 heterocycles. The van der Waals surface area contributed by atoms with Crippen LogP contribution in [0.4, 0.5) is 0 Å². The molecule has 30 heavy (non-hydrogen) atoms. The van der Waals surface area contributed by atoms with Gasteiger partial charge in [-0.25, -0.2) is 8.42 Å². The van der Waals surface area contributed by atoms with Crippen LogP contribution in [0.1, 0.15) is 18.1 Å². The molecule has 0 aliphatic rings. The first-order chi connectivity index (χ1) is 14.1. The Kier molecular flexibility index (Phi) is 6.19. The Hall–Kier alpha value is -2.84. The Labute approximate surface area is 177 Å². The fourth-order valence-corrected chi connectivity index (χ4v) is 5.07. The Morgan fingerprint density at radius 1 is 0.733 bits per heavy atom. The van der Waals surface area contributed by atoms with E-state index < -0.39 is 20.0 Å². The summed E-state index contributed by atoms with van der Waals surface area (Å²) in [7, 11) is -7.78. The van der Waals surface area contributed by atoms with E-state index in [0.29, 0.717) is 17.9 Å². The van der Waals surface area contributed by atoms with Crippen molar-refractivity contribution in [2.45, 2.75) is 35.5 Å². The standard InChI is InChI=1S/C22H22O6S2/c1-4-27-22-14-13-21(15-17(22)3)29(23,24)19-11-7-18(8-12-19)28-30(25,26)20-9-5-16(2)6-10-20/h5-15H,4H2,1-3H3. The van der Waals surface area contributed by atoms with E-state index >= 15 is 0 Å². The lowest BCUT2D eigenvalue weighted by Gasteiger charge is -2.11. The van der Waals surface area contributed by atoms with Gasteiger partial charge in [-0.05, 0) is 80.9 Å². The third-order valence-electron chi connectivity index (χ3n) is 4.41. The molecule has 158 valence electrons. The lowest BCUT2D eigenvalue weighted by Crippen LogP contribution is -2.10. The monoisotopic (exact) mass is 446 g/mol. The molecule has 0 saturated heterocycles. The van der Waals surface area contributed by atoms with Gasteiger partial charge in [-0.3, -0.25) is 0 Å². The summed E-state index contributed by atoms with van der Waals surface area (Å²) >= 11 is 0. The van der Waals surface area contributed by atoms with E-state index in [-0.39, 0.29) is 20.4 Å². The highest BCUT2D eigenvalue weighted by Gasteiger charge is 2.20. The van der Waals surface area contributed by atoms with Crippen LogP contribution in [0.2, 0.25) is 0 Å². The van der Waals surface area contributed by atoms with Crippen LogP contribution in [0.3, 0.4) is 0 Å². The van der Waals surface area contributed by atoms with E-state index in [2.05, 4.69) is 0 Å². The molecule has 0 aliphatic heterocycles. The summed E-state index contributed by atoms with van der Waals surface area (Å²) in [6, 6.07) is 16.2. The van der Waals surface area contributed by atoms with Crippen molar-refractivity contribution in [3.8, 4) is 11.5 Å². The van der Waals surface area contributed by atoms with E-state index in [1.165, 1.54) is 42.5 Å². The Bertz CT molecular complexity index is 1240. The van der Waals surface area contributed by atoms with Gasteiger partial charge in [0.15, 0.2) is 0 Å². The van der Waals surface area contributed by atoms with Crippen molar-refractivity contribution in [3.63, 3.8) is 0 Å². The number of sulfone groups is 1. The molecule has 0 N–H and O–H groups in total. The minimum absolute atomic E-state index is 0.0228. The molecule has 0 radical (unpaired) electrons. The van der Waals surface area contributed by atoms with Gasteiger partial charge in [0.05, 0.1) is 16.4 Å². The number of hydrogen-bond acceptors (Lipinski definition) is 6. The number of benzene rings is 3. The van der Waals surface area contributed by atoms with Crippen LogP contribution >= 0.6 is 0 Å². The van der Waals surface area contributed by atoms with Gasteiger partial charge >= 0.3 is 10.1 Å². The Morgan fingerprint density at radius 2 is 1.30 bits per heavy atom. The van der Waals surface area contributed by atoms with Crippen LogP contribution in [-0.2, 0) is 20.0 Å². The highest BCUT2D eigenvalue weighted by molar-refractivity contribution is 7.91.